The Morgan fingerprint density at radius 3 is 2.67 bits per heavy atom. The van der Waals surface area contributed by atoms with Crippen LogP contribution < -0.4 is 5.32 Å². The second-order valence-electron chi connectivity index (χ2n) is 5.52. The van der Waals surface area contributed by atoms with Crippen molar-refractivity contribution in [3.8, 4) is 0 Å². The van der Waals surface area contributed by atoms with Gasteiger partial charge in [-0.2, -0.15) is 0 Å². The van der Waals surface area contributed by atoms with Crippen LogP contribution in [0.4, 0.5) is 0 Å². The predicted molar refractivity (Wildman–Crippen MR) is 82.7 cm³/mol. The third-order valence-corrected chi connectivity index (χ3v) is 4.24. The van der Waals surface area contributed by atoms with Crippen molar-refractivity contribution in [3.63, 3.8) is 0 Å². The van der Waals surface area contributed by atoms with Gasteiger partial charge in [0.1, 0.15) is 0 Å². The number of aryl methyl sites for hydroxylation is 1. The fourth-order valence-corrected chi connectivity index (χ4v) is 3.21. The number of carbonyl (C=O) groups is 2. The summed E-state index contributed by atoms with van der Waals surface area (Å²) in [6.45, 7) is 7.19. The monoisotopic (exact) mass is 288 g/mol. The Morgan fingerprint density at radius 1 is 1.33 bits per heavy atom. The van der Waals surface area contributed by atoms with E-state index in [0.717, 1.165) is 11.1 Å². The number of hydrogen-bond donors (Lipinski definition) is 1. The lowest BCUT2D eigenvalue weighted by Gasteiger charge is -2.41. The van der Waals surface area contributed by atoms with E-state index in [1.165, 1.54) is 0 Å². The number of carbonyl (C=O) groups excluding carboxylic acids is 2. The van der Waals surface area contributed by atoms with Crippen molar-refractivity contribution in [2.24, 2.45) is 5.92 Å². The molecule has 1 aromatic rings. The Labute approximate surface area is 126 Å². The van der Waals surface area contributed by atoms with Gasteiger partial charge in [-0.15, -0.1) is 0 Å². The van der Waals surface area contributed by atoms with E-state index in [4.69, 9.17) is 0 Å². The first-order valence-electron chi connectivity index (χ1n) is 7.72. The second-order valence-corrected chi connectivity index (χ2v) is 5.52. The molecule has 1 aliphatic heterocycles. The van der Waals surface area contributed by atoms with E-state index in [1.54, 1.807) is 0 Å². The number of amides is 2. The number of piperidine rings is 1. The summed E-state index contributed by atoms with van der Waals surface area (Å²) in [5.74, 6) is 0.0340. The van der Waals surface area contributed by atoms with Gasteiger partial charge >= 0.3 is 0 Å². The molecule has 1 saturated heterocycles. The Kier molecular flexibility index (Phi) is 4.99. The molecule has 0 aliphatic carbocycles. The van der Waals surface area contributed by atoms with Gasteiger partial charge in [-0.1, -0.05) is 24.3 Å². The summed E-state index contributed by atoms with van der Waals surface area (Å²) in [5, 5.41) is 2.92. The average molecular weight is 288 g/mol. The van der Waals surface area contributed by atoms with Crippen LogP contribution in [0.1, 0.15) is 43.9 Å². The lowest BCUT2D eigenvalue weighted by molar-refractivity contribution is -0.143. The Balaban J connectivity index is 2.42. The van der Waals surface area contributed by atoms with Crippen LogP contribution in [0.2, 0.25) is 0 Å². The van der Waals surface area contributed by atoms with Crippen molar-refractivity contribution < 1.29 is 9.59 Å². The molecule has 0 aromatic heterocycles. The fourth-order valence-electron chi connectivity index (χ4n) is 3.21. The third-order valence-electron chi connectivity index (χ3n) is 4.24. The van der Waals surface area contributed by atoms with Gasteiger partial charge in [0, 0.05) is 19.5 Å². The molecule has 4 heteroatoms. The topological polar surface area (TPSA) is 49.4 Å². The summed E-state index contributed by atoms with van der Waals surface area (Å²) in [6, 6.07) is 7.89. The lowest BCUT2D eigenvalue weighted by Crippen LogP contribution is -2.48. The van der Waals surface area contributed by atoms with Crippen LogP contribution in [0.25, 0.3) is 0 Å². The van der Waals surface area contributed by atoms with Crippen LogP contribution >= 0.6 is 0 Å². The van der Waals surface area contributed by atoms with E-state index in [1.807, 2.05) is 49.9 Å². The molecule has 1 N–H and O–H groups in total. The molecule has 4 nitrogen and oxygen atoms in total. The van der Waals surface area contributed by atoms with Crippen LogP contribution in [-0.4, -0.2) is 29.8 Å². The molecule has 2 rings (SSSR count). The molecule has 0 spiro atoms. The maximum atomic E-state index is 12.4. The minimum atomic E-state index is -0.163. The highest BCUT2D eigenvalue weighted by molar-refractivity contribution is 5.85. The number of nitrogens with one attached hydrogen (secondary N) is 1. The van der Waals surface area contributed by atoms with Crippen LogP contribution in [0.3, 0.4) is 0 Å². The van der Waals surface area contributed by atoms with Gasteiger partial charge in [-0.25, -0.2) is 0 Å². The quantitative estimate of drug-likeness (QED) is 0.925. The van der Waals surface area contributed by atoms with Gasteiger partial charge in [0.25, 0.3) is 0 Å². The number of benzene rings is 1. The standard InChI is InChI=1S/C17H24N2O2/c1-4-18-17(21)14-10-11-15(20)19(5-2)16(14)13-9-7-6-8-12(13)3/h6-9,14,16H,4-5,10-11H2,1-3H3,(H,18,21)/t14-,16+/m1/s1. The molecule has 21 heavy (non-hydrogen) atoms. The van der Waals surface area contributed by atoms with Crippen molar-refractivity contribution in [3.05, 3.63) is 35.4 Å². The largest absolute Gasteiger partial charge is 0.356 e. The third kappa shape index (κ3) is 3.09. The van der Waals surface area contributed by atoms with Crippen LogP contribution in [-0.2, 0) is 9.59 Å². The van der Waals surface area contributed by atoms with E-state index in [9.17, 15) is 9.59 Å². The molecule has 1 heterocycles. The minimum absolute atomic E-state index is 0.0525. The normalized spacial score (nSPS) is 22.2. The molecule has 1 aromatic carbocycles. The average Bonchev–Trinajstić information content (AvgIpc) is 2.47. The maximum Gasteiger partial charge on any atom is 0.225 e. The Morgan fingerprint density at radius 2 is 2.05 bits per heavy atom. The van der Waals surface area contributed by atoms with E-state index in [-0.39, 0.29) is 23.8 Å². The number of nitrogens with zero attached hydrogens (tertiary/aromatic N) is 1. The number of rotatable bonds is 4. The molecule has 2 atom stereocenters. The summed E-state index contributed by atoms with van der Waals surface area (Å²) < 4.78 is 0. The predicted octanol–water partition coefficient (Wildman–Crippen LogP) is 2.43. The van der Waals surface area contributed by atoms with E-state index in [2.05, 4.69) is 5.32 Å². The van der Waals surface area contributed by atoms with Crippen molar-refractivity contribution in [1.29, 1.82) is 0 Å². The highest BCUT2D eigenvalue weighted by Crippen LogP contribution is 2.37. The number of likely N-dealkylation sites (tertiary alicyclic amines) is 1. The summed E-state index contributed by atoms with van der Waals surface area (Å²) in [5.41, 5.74) is 2.22. The van der Waals surface area contributed by atoms with E-state index >= 15 is 0 Å². The lowest BCUT2D eigenvalue weighted by atomic mass is 9.82. The Hall–Kier alpha value is -1.84. The highest BCUT2D eigenvalue weighted by atomic mass is 16.2. The van der Waals surface area contributed by atoms with Crippen LogP contribution in [0.15, 0.2) is 24.3 Å². The second kappa shape index (κ2) is 6.74. The first-order valence-corrected chi connectivity index (χ1v) is 7.72. The van der Waals surface area contributed by atoms with Crippen molar-refractivity contribution >= 4 is 11.8 Å². The van der Waals surface area contributed by atoms with E-state index in [0.29, 0.717) is 25.9 Å². The molecule has 0 radical (unpaired) electrons. The SMILES string of the molecule is CCNC(=O)[C@@H]1CCC(=O)N(CC)[C@H]1c1ccccc1C. The molecule has 0 bridgehead atoms. The first-order chi connectivity index (χ1) is 10.1. The molecule has 114 valence electrons. The summed E-state index contributed by atoms with van der Waals surface area (Å²) in [6.07, 6.45) is 1.08. The zero-order chi connectivity index (χ0) is 15.4. The Bertz CT molecular complexity index is 527. The van der Waals surface area contributed by atoms with Gasteiger partial charge in [0.15, 0.2) is 0 Å². The van der Waals surface area contributed by atoms with Crippen molar-refractivity contribution in [2.45, 2.75) is 39.7 Å². The summed E-state index contributed by atoms with van der Waals surface area (Å²) in [7, 11) is 0. The molecule has 1 fully saturated rings. The zero-order valence-corrected chi connectivity index (χ0v) is 13.1. The van der Waals surface area contributed by atoms with Crippen molar-refractivity contribution in [2.75, 3.05) is 13.1 Å². The zero-order valence-electron chi connectivity index (χ0n) is 13.1. The number of hydrogen-bond acceptors (Lipinski definition) is 2. The molecule has 1 aliphatic rings. The molecule has 2 amide bonds. The van der Waals surface area contributed by atoms with Crippen molar-refractivity contribution in [1.82, 2.24) is 10.2 Å². The van der Waals surface area contributed by atoms with Crippen LogP contribution in [0.5, 0.6) is 0 Å². The van der Waals surface area contributed by atoms with Gasteiger partial charge in [-0.3, -0.25) is 9.59 Å². The van der Waals surface area contributed by atoms with Crippen LogP contribution in [0, 0.1) is 12.8 Å². The summed E-state index contributed by atoms with van der Waals surface area (Å²) in [4.78, 5) is 26.5. The highest BCUT2D eigenvalue weighted by Gasteiger charge is 2.40. The van der Waals surface area contributed by atoms with Gasteiger partial charge in [0.05, 0.1) is 12.0 Å². The van der Waals surface area contributed by atoms with E-state index < -0.39 is 0 Å². The molecule has 0 unspecified atom stereocenters. The first kappa shape index (κ1) is 15.5. The van der Waals surface area contributed by atoms with Gasteiger partial charge in [-0.05, 0) is 38.3 Å². The van der Waals surface area contributed by atoms with Gasteiger partial charge < -0.3 is 10.2 Å². The minimum Gasteiger partial charge on any atom is -0.356 e. The smallest absolute Gasteiger partial charge is 0.225 e. The fraction of sp³-hybridized carbons (Fsp3) is 0.529. The molecular formula is C17H24N2O2. The summed E-state index contributed by atoms with van der Waals surface area (Å²) >= 11 is 0. The molecular weight excluding hydrogens is 264 g/mol. The molecule has 0 saturated carbocycles. The maximum absolute atomic E-state index is 12.4. The van der Waals surface area contributed by atoms with Gasteiger partial charge in [0.2, 0.25) is 11.8 Å².